The molecule has 2 aromatic rings. The minimum absolute atomic E-state index is 0.219. The van der Waals surface area contributed by atoms with Crippen LogP contribution in [0.2, 0.25) is 0 Å². The smallest absolute Gasteiger partial charge is 0.227 e. The van der Waals surface area contributed by atoms with E-state index in [9.17, 15) is 4.79 Å². The van der Waals surface area contributed by atoms with Gasteiger partial charge in [0.05, 0.1) is 12.1 Å². The summed E-state index contributed by atoms with van der Waals surface area (Å²) in [5, 5.41) is 4.09. The summed E-state index contributed by atoms with van der Waals surface area (Å²) in [5.41, 5.74) is 4.58. The van der Waals surface area contributed by atoms with Crippen molar-refractivity contribution in [3.05, 3.63) is 39.3 Å². The normalized spacial score (nSPS) is 17.5. The highest BCUT2D eigenvalue weighted by Gasteiger charge is 2.23. The molecule has 0 aliphatic carbocycles. The van der Waals surface area contributed by atoms with E-state index in [2.05, 4.69) is 17.2 Å². The lowest BCUT2D eigenvalue weighted by molar-refractivity contribution is -0.130. The van der Waals surface area contributed by atoms with Gasteiger partial charge < -0.3 is 9.80 Å². The van der Waals surface area contributed by atoms with Crippen LogP contribution < -0.4 is 4.90 Å². The number of hydrogen-bond acceptors (Lipinski definition) is 5. The van der Waals surface area contributed by atoms with Gasteiger partial charge in [0, 0.05) is 38.3 Å². The molecule has 0 unspecified atom stereocenters. The zero-order chi connectivity index (χ0) is 17.2. The van der Waals surface area contributed by atoms with Crippen LogP contribution in [0.3, 0.4) is 0 Å². The Bertz CT molecular complexity index is 753. The quantitative estimate of drug-likeness (QED) is 0.848. The van der Waals surface area contributed by atoms with Crippen LogP contribution in [0.25, 0.3) is 0 Å². The monoisotopic (exact) mass is 356 g/mol. The van der Waals surface area contributed by atoms with Crippen molar-refractivity contribution in [3.63, 3.8) is 0 Å². The molecule has 25 heavy (non-hydrogen) atoms. The number of nitrogens with zero attached hydrogens (tertiary/aromatic N) is 4. The lowest BCUT2D eigenvalue weighted by atomic mass is 10.1. The van der Waals surface area contributed by atoms with Crippen molar-refractivity contribution < 1.29 is 4.79 Å². The first-order chi connectivity index (χ1) is 12.2. The highest BCUT2D eigenvalue weighted by atomic mass is 32.1. The van der Waals surface area contributed by atoms with Gasteiger partial charge in [-0.05, 0) is 54.1 Å². The van der Waals surface area contributed by atoms with Crippen LogP contribution >= 0.6 is 11.3 Å². The van der Waals surface area contributed by atoms with Crippen molar-refractivity contribution in [1.82, 2.24) is 14.9 Å². The largest absolute Gasteiger partial charge is 0.342 e. The molecule has 1 amide bonds. The molecular weight excluding hydrogens is 332 g/mol. The second kappa shape index (κ2) is 7.12. The van der Waals surface area contributed by atoms with Gasteiger partial charge in [0.15, 0.2) is 0 Å². The molecule has 1 fully saturated rings. The van der Waals surface area contributed by atoms with Crippen molar-refractivity contribution in [2.45, 2.75) is 39.0 Å². The van der Waals surface area contributed by atoms with Gasteiger partial charge in [0.2, 0.25) is 11.9 Å². The van der Waals surface area contributed by atoms with Crippen LogP contribution in [0.5, 0.6) is 0 Å². The maximum atomic E-state index is 12.6. The third-order valence-corrected chi connectivity index (χ3v) is 5.95. The minimum atomic E-state index is 0.219. The molecule has 4 rings (SSSR count). The number of anilines is 1. The Balaban J connectivity index is 1.49. The predicted octanol–water partition coefficient (Wildman–Crippen LogP) is 2.62. The van der Waals surface area contributed by atoms with Gasteiger partial charge in [-0.15, -0.1) is 0 Å². The molecule has 0 radical (unpaired) electrons. The maximum Gasteiger partial charge on any atom is 0.227 e. The van der Waals surface area contributed by atoms with Gasteiger partial charge in [-0.1, -0.05) is 0 Å². The Hall–Kier alpha value is -1.95. The van der Waals surface area contributed by atoms with Gasteiger partial charge in [0.1, 0.15) is 0 Å². The molecule has 0 atom stereocenters. The van der Waals surface area contributed by atoms with Crippen LogP contribution in [-0.4, -0.2) is 47.0 Å². The molecule has 6 heteroatoms. The van der Waals surface area contributed by atoms with Crippen LogP contribution in [0.4, 0.5) is 5.95 Å². The summed E-state index contributed by atoms with van der Waals surface area (Å²) in [6.07, 6.45) is 4.64. The third-order valence-electron chi connectivity index (χ3n) is 5.22. The Morgan fingerprint density at radius 2 is 1.96 bits per heavy atom. The fraction of sp³-hybridized carbons (Fsp3) is 0.526. The van der Waals surface area contributed by atoms with E-state index in [-0.39, 0.29) is 5.91 Å². The van der Waals surface area contributed by atoms with E-state index in [1.165, 1.54) is 18.4 Å². The van der Waals surface area contributed by atoms with E-state index < -0.39 is 0 Å². The van der Waals surface area contributed by atoms with Crippen LogP contribution in [0.1, 0.15) is 35.4 Å². The van der Waals surface area contributed by atoms with Crippen LogP contribution in [-0.2, 0) is 24.1 Å². The first-order valence-electron chi connectivity index (χ1n) is 9.11. The summed E-state index contributed by atoms with van der Waals surface area (Å²) in [4.78, 5) is 26.5. The van der Waals surface area contributed by atoms with E-state index in [0.29, 0.717) is 6.42 Å². The number of amides is 1. The molecule has 0 saturated carbocycles. The van der Waals surface area contributed by atoms with E-state index >= 15 is 0 Å². The summed E-state index contributed by atoms with van der Waals surface area (Å²) >= 11 is 1.64. The first kappa shape index (κ1) is 16.5. The fourth-order valence-electron chi connectivity index (χ4n) is 3.76. The average molecular weight is 356 g/mol. The van der Waals surface area contributed by atoms with E-state index in [1.54, 1.807) is 11.3 Å². The molecule has 0 spiro atoms. The lowest BCUT2D eigenvalue weighted by Gasteiger charge is -2.19. The minimum Gasteiger partial charge on any atom is -0.342 e. The summed E-state index contributed by atoms with van der Waals surface area (Å²) < 4.78 is 0. The summed E-state index contributed by atoms with van der Waals surface area (Å²) in [6, 6.07) is 2.03. The number of hydrogen-bond donors (Lipinski definition) is 0. The molecule has 2 aromatic heterocycles. The molecule has 0 N–H and O–H groups in total. The standard InChI is InChI=1S/C19H24N4OS/c1-14-16-4-9-22(18(24)12-15-6-11-25-13-15)10-5-17(16)21-19(20-14)23-7-2-3-8-23/h6,11,13H,2-5,7-10,12H2,1H3. The Labute approximate surface area is 152 Å². The lowest BCUT2D eigenvalue weighted by Crippen LogP contribution is -2.34. The second-order valence-electron chi connectivity index (χ2n) is 6.92. The molecule has 4 heterocycles. The fourth-order valence-corrected chi connectivity index (χ4v) is 4.43. The Kier molecular flexibility index (Phi) is 4.70. The Morgan fingerprint density at radius 3 is 2.72 bits per heavy atom. The average Bonchev–Trinajstić information content (AvgIpc) is 3.26. The number of thiophene rings is 1. The SMILES string of the molecule is Cc1nc(N2CCCC2)nc2c1CCN(C(=O)Cc1ccsc1)CC2. The number of rotatable bonds is 3. The van der Waals surface area contributed by atoms with Crippen molar-refractivity contribution in [3.8, 4) is 0 Å². The van der Waals surface area contributed by atoms with Crippen LogP contribution in [0, 0.1) is 6.92 Å². The number of aromatic nitrogens is 2. The predicted molar refractivity (Wildman–Crippen MR) is 100 cm³/mol. The molecule has 2 aliphatic heterocycles. The molecular formula is C19H24N4OS. The number of aryl methyl sites for hydroxylation is 1. The first-order valence-corrected chi connectivity index (χ1v) is 10.0. The van der Waals surface area contributed by atoms with Gasteiger partial charge in [-0.25, -0.2) is 9.97 Å². The van der Waals surface area contributed by atoms with Crippen molar-refractivity contribution in [1.29, 1.82) is 0 Å². The maximum absolute atomic E-state index is 12.6. The molecule has 1 saturated heterocycles. The van der Waals surface area contributed by atoms with Crippen molar-refractivity contribution >= 4 is 23.2 Å². The zero-order valence-electron chi connectivity index (χ0n) is 14.7. The number of carbonyl (C=O) groups is 1. The number of fused-ring (bicyclic) bond motifs is 1. The topological polar surface area (TPSA) is 49.3 Å². The van der Waals surface area contributed by atoms with E-state index in [1.807, 2.05) is 16.3 Å². The summed E-state index contributed by atoms with van der Waals surface area (Å²) in [5.74, 6) is 1.10. The molecule has 132 valence electrons. The second-order valence-corrected chi connectivity index (χ2v) is 7.70. The summed E-state index contributed by atoms with van der Waals surface area (Å²) in [6.45, 7) is 5.73. The van der Waals surface area contributed by atoms with Crippen molar-refractivity contribution in [2.75, 3.05) is 31.1 Å². The van der Waals surface area contributed by atoms with E-state index in [4.69, 9.17) is 9.97 Å². The van der Waals surface area contributed by atoms with E-state index in [0.717, 1.165) is 61.9 Å². The van der Waals surface area contributed by atoms with Crippen molar-refractivity contribution in [2.24, 2.45) is 0 Å². The van der Waals surface area contributed by atoms with Gasteiger partial charge in [-0.2, -0.15) is 11.3 Å². The molecule has 0 aromatic carbocycles. The molecule has 0 bridgehead atoms. The Morgan fingerprint density at radius 1 is 1.16 bits per heavy atom. The number of carbonyl (C=O) groups excluding carboxylic acids is 1. The van der Waals surface area contributed by atoms with Gasteiger partial charge >= 0.3 is 0 Å². The van der Waals surface area contributed by atoms with Crippen LogP contribution in [0.15, 0.2) is 16.8 Å². The highest BCUT2D eigenvalue weighted by molar-refractivity contribution is 7.08. The van der Waals surface area contributed by atoms with Gasteiger partial charge in [-0.3, -0.25) is 4.79 Å². The molecule has 2 aliphatic rings. The highest BCUT2D eigenvalue weighted by Crippen LogP contribution is 2.23. The summed E-state index contributed by atoms with van der Waals surface area (Å²) in [7, 11) is 0. The zero-order valence-corrected chi connectivity index (χ0v) is 15.5. The third kappa shape index (κ3) is 3.54. The van der Waals surface area contributed by atoms with Gasteiger partial charge in [0.25, 0.3) is 0 Å². The molecule has 5 nitrogen and oxygen atoms in total.